The molecule has 1 aromatic rings. The molecule has 0 spiro atoms. The molecule has 0 bridgehead atoms. The Morgan fingerprint density at radius 1 is 1.57 bits per heavy atom. The molecule has 1 aromatic carbocycles. The van der Waals surface area contributed by atoms with Gasteiger partial charge in [0.05, 0.1) is 12.5 Å². The number of nitrogens with zero attached hydrogens (tertiary/aromatic N) is 4. The van der Waals surface area contributed by atoms with E-state index in [1.165, 1.54) is 6.92 Å². The first-order chi connectivity index (χ1) is 9.93. The van der Waals surface area contributed by atoms with Crippen molar-refractivity contribution in [3.8, 4) is 0 Å². The quantitative estimate of drug-likeness (QED) is 0.523. The van der Waals surface area contributed by atoms with E-state index in [0.29, 0.717) is 12.0 Å². The number of amides is 1. The van der Waals surface area contributed by atoms with E-state index in [9.17, 15) is 9.59 Å². The number of anilines is 1. The van der Waals surface area contributed by atoms with Crippen LogP contribution in [0, 0.1) is 0 Å². The second-order valence-corrected chi connectivity index (χ2v) is 5.15. The zero-order chi connectivity index (χ0) is 15.6. The van der Waals surface area contributed by atoms with Gasteiger partial charge in [0.15, 0.2) is 0 Å². The lowest BCUT2D eigenvalue weighted by atomic mass is 10.00. The molecule has 0 radical (unpaired) electrons. The number of carbonyl (C=O) groups is 2. The molecule has 0 saturated carbocycles. The Morgan fingerprint density at radius 3 is 2.86 bits per heavy atom. The van der Waals surface area contributed by atoms with Crippen molar-refractivity contribution in [2.75, 3.05) is 4.90 Å². The van der Waals surface area contributed by atoms with E-state index >= 15 is 0 Å². The van der Waals surface area contributed by atoms with Crippen LogP contribution in [-0.2, 0) is 16.0 Å². The van der Waals surface area contributed by atoms with Crippen molar-refractivity contribution in [1.82, 2.24) is 0 Å². The summed E-state index contributed by atoms with van der Waals surface area (Å²) in [6, 6.07) is 4.67. The van der Waals surface area contributed by atoms with Crippen molar-refractivity contribution in [1.29, 1.82) is 0 Å². The fraction of sp³-hybridized carbons (Fsp3) is 0.429. The van der Waals surface area contributed by atoms with Crippen LogP contribution < -0.4 is 4.90 Å². The molecule has 0 fully saturated rings. The van der Waals surface area contributed by atoms with Gasteiger partial charge in [0.25, 0.3) is 0 Å². The molecular weight excluding hydrogens is 272 g/mol. The number of rotatable bonds is 4. The smallest absolute Gasteiger partial charge is 0.304 e. The minimum absolute atomic E-state index is 0.0221. The Kier molecular flexibility index (Phi) is 4.14. The lowest BCUT2D eigenvalue weighted by molar-refractivity contribution is -0.137. The monoisotopic (exact) mass is 288 g/mol. The summed E-state index contributed by atoms with van der Waals surface area (Å²) in [5.41, 5.74) is 11.0. The third-order valence-electron chi connectivity index (χ3n) is 3.60. The SMILES string of the molecule is CC(=O)N1c2ccc(C(CC(=O)O)N=[N+]=[N-])cc2CC1C. The van der Waals surface area contributed by atoms with E-state index in [-0.39, 0.29) is 18.4 Å². The van der Waals surface area contributed by atoms with E-state index in [4.69, 9.17) is 10.6 Å². The van der Waals surface area contributed by atoms with Crippen LogP contribution in [-0.4, -0.2) is 23.0 Å². The highest BCUT2D eigenvalue weighted by molar-refractivity contribution is 5.94. The maximum atomic E-state index is 11.7. The van der Waals surface area contributed by atoms with Gasteiger partial charge in [-0.05, 0) is 36.1 Å². The molecule has 7 heteroatoms. The maximum Gasteiger partial charge on any atom is 0.304 e. The second kappa shape index (κ2) is 5.85. The van der Waals surface area contributed by atoms with E-state index in [0.717, 1.165) is 11.3 Å². The molecule has 0 aliphatic carbocycles. The van der Waals surface area contributed by atoms with Gasteiger partial charge in [-0.25, -0.2) is 0 Å². The van der Waals surface area contributed by atoms with Gasteiger partial charge in [-0.15, -0.1) is 0 Å². The summed E-state index contributed by atoms with van der Waals surface area (Å²) in [4.78, 5) is 27.0. The lowest BCUT2D eigenvalue weighted by Crippen LogP contribution is -2.33. The number of carbonyl (C=O) groups excluding carboxylic acids is 1. The molecule has 1 aliphatic rings. The summed E-state index contributed by atoms with van der Waals surface area (Å²) < 4.78 is 0. The number of benzene rings is 1. The number of aliphatic carboxylic acids is 1. The molecule has 110 valence electrons. The summed E-state index contributed by atoms with van der Waals surface area (Å²) >= 11 is 0. The number of azide groups is 1. The van der Waals surface area contributed by atoms with Crippen LogP contribution in [0.5, 0.6) is 0 Å². The van der Waals surface area contributed by atoms with Gasteiger partial charge < -0.3 is 10.0 Å². The van der Waals surface area contributed by atoms with Crippen molar-refractivity contribution < 1.29 is 14.7 Å². The predicted octanol–water partition coefficient (Wildman–Crippen LogP) is 2.81. The third kappa shape index (κ3) is 2.98. The highest BCUT2D eigenvalue weighted by Gasteiger charge is 2.29. The standard InChI is InChI=1S/C14H16N4O3/c1-8-5-11-6-10(12(16-17-15)7-14(20)21)3-4-13(11)18(8)9(2)19/h3-4,6,8,12H,5,7H2,1-2H3,(H,20,21). The van der Waals surface area contributed by atoms with Crippen LogP contribution in [0.3, 0.4) is 0 Å². The van der Waals surface area contributed by atoms with Crippen LogP contribution in [0.15, 0.2) is 23.3 Å². The Bertz CT molecular complexity index is 637. The summed E-state index contributed by atoms with van der Waals surface area (Å²) in [7, 11) is 0. The minimum Gasteiger partial charge on any atom is -0.481 e. The van der Waals surface area contributed by atoms with Crippen molar-refractivity contribution in [3.05, 3.63) is 39.8 Å². The molecule has 1 amide bonds. The highest BCUT2D eigenvalue weighted by atomic mass is 16.4. The molecule has 0 saturated heterocycles. The Labute approximate surface area is 121 Å². The van der Waals surface area contributed by atoms with Gasteiger partial charge in [0.2, 0.25) is 5.91 Å². The minimum atomic E-state index is -1.02. The fourth-order valence-electron chi connectivity index (χ4n) is 2.79. The molecule has 1 aliphatic heterocycles. The maximum absolute atomic E-state index is 11.7. The van der Waals surface area contributed by atoms with Crippen LogP contribution in [0.4, 0.5) is 5.69 Å². The molecule has 0 aromatic heterocycles. The van der Waals surface area contributed by atoms with Gasteiger partial charge in [0.1, 0.15) is 0 Å². The number of fused-ring (bicyclic) bond motifs is 1. The molecule has 21 heavy (non-hydrogen) atoms. The van der Waals surface area contributed by atoms with E-state index in [1.54, 1.807) is 17.0 Å². The Morgan fingerprint density at radius 2 is 2.29 bits per heavy atom. The van der Waals surface area contributed by atoms with Crippen molar-refractivity contribution in [2.24, 2.45) is 5.11 Å². The molecule has 1 N–H and O–H groups in total. The average molecular weight is 288 g/mol. The first-order valence-electron chi connectivity index (χ1n) is 6.62. The van der Waals surface area contributed by atoms with Crippen molar-refractivity contribution >= 4 is 17.6 Å². The molecular formula is C14H16N4O3. The third-order valence-corrected chi connectivity index (χ3v) is 3.60. The molecule has 7 nitrogen and oxygen atoms in total. The molecule has 2 rings (SSSR count). The van der Waals surface area contributed by atoms with E-state index in [1.807, 2.05) is 13.0 Å². The topological polar surface area (TPSA) is 106 Å². The van der Waals surface area contributed by atoms with Gasteiger partial charge in [-0.2, -0.15) is 0 Å². The van der Waals surface area contributed by atoms with Gasteiger partial charge in [-0.1, -0.05) is 17.2 Å². The van der Waals surface area contributed by atoms with E-state index < -0.39 is 12.0 Å². The number of carboxylic acid groups (broad SMARTS) is 1. The van der Waals surface area contributed by atoms with Crippen LogP contribution in [0.2, 0.25) is 0 Å². The number of hydrogen-bond acceptors (Lipinski definition) is 3. The molecule has 2 unspecified atom stereocenters. The summed E-state index contributed by atoms with van der Waals surface area (Å²) in [5, 5.41) is 12.4. The largest absolute Gasteiger partial charge is 0.481 e. The zero-order valence-electron chi connectivity index (χ0n) is 11.9. The highest BCUT2D eigenvalue weighted by Crippen LogP contribution is 2.35. The van der Waals surface area contributed by atoms with E-state index in [2.05, 4.69) is 10.0 Å². The van der Waals surface area contributed by atoms with Gasteiger partial charge >= 0.3 is 5.97 Å². The zero-order valence-corrected chi connectivity index (χ0v) is 11.9. The van der Waals surface area contributed by atoms with Gasteiger partial charge in [-0.3, -0.25) is 9.59 Å². The average Bonchev–Trinajstić information content (AvgIpc) is 2.72. The van der Waals surface area contributed by atoms with Gasteiger partial charge in [0, 0.05) is 23.6 Å². The van der Waals surface area contributed by atoms with Crippen LogP contribution >= 0.6 is 0 Å². The van der Waals surface area contributed by atoms with Crippen LogP contribution in [0.25, 0.3) is 10.4 Å². The Balaban J connectivity index is 2.38. The normalized spacial score (nSPS) is 17.8. The second-order valence-electron chi connectivity index (χ2n) is 5.15. The lowest BCUT2D eigenvalue weighted by Gasteiger charge is -2.20. The number of carboxylic acids is 1. The summed E-state index contributed by atoms with van der Waals surface area (Å²) in [5.74, 6) is -1.04. The Hall–Kier alpha value is -2.53. The van der Waals surface area contributed by atoms with Crippen LogP contribution in [0.1, 0.15) is 37.4 Å². The van der Waals surface area contributed by atoms with Crippen molar-refractivity contribution in [3.63, 3.8) is 0 Å². The fourth-order valence-corrected chi connectivity index (χ4v) is 2.79. The number of hydrogen-bond donors (Lipinski definition) is 1. The first-order valence-corrected chi connectivity index (χ1v) is 6.62. The first kappa shape index (κ1) is 14.9. The summed E-state index contributed by atoms with van der Waals surface area (Å²) in [6.07, 6.45) is 0.452. The summed E-state index contributed by atoms with van der Waals surface area (Å²) in [6.45, 7) is 3.48. The predicted molar refractivity (Wildman–Crippen MR) is 76.9 cm³/mol. The molecule has 1 heterocycles. The molecule has 2 atom stereocenters. The van der Waals surface area contributed by atoms with Crippen molar-refractivity contribution in [2.45, 2.75) is 38.8 Å².